The summed E-state index contributed by atoms with van der Waals surface area (Å²) in [4.78, 5) is 11.5. The molecule has 0 radical (unpaired) electrons. The zero-order valence-electron chi connectivity index (χ0n) is 13.6. The first-order chi connectivity index (χ1) is 10.1. The maximum atomic E-state index is 11.5. The van der Waals surface area contributed by atoms with E-state index in [1.165, 1.54) is 0 Å². The number of alkyl carbamates (subject to hydrolysis) is 1. The third-order valence-corrected chi connectivity index (χ3v) is 3.15. The number of aliphatic hydroxyl groups excluding tert-OH is 2. The van der Waals surface area contributed by atoms with Crippen molar-refractivity contribution in [1.82, 2.24) is 5.32 Å². The Balaban J connectivity index is 2.50. The van der Waals surface area contributed by atoms with E-state index in [1.54, 1.807) is 32.9 Å². The third-order valence-electron chi connectivity index (χ3n) is 3.15. The number of nitrogens with one attached hydrogen (secondary N) is 1. The minimum Gasteiger partial charge on any atom is -0.444 e. The number of benzene rings is 1. The fourth-order valence-electron chi connectivity index (χ4n) is 1.96. The number of hydrogen-bond acceptors (Lipinski definition) is 5. The van der Waals surface area contributed by atoms with Gasteiger partial charge in [-0.15, -0.1) is 0 Å². The van der Waals surface area contributed by atoms with Gasteiger partial charge in [-0.05, 0) is 39.7 Å². The molecule has 1 rings (SSSR count). The molecule has 5 N–H and O–H groups in total. The average Bonchev–Trinajstić information content (AvgIpc) is 2.39. The van der Waals surface area contributed by atoms with E-state index in [2.05, 4.69) is 5.32 Å². The molecule has 0 aliphatic heterocycles. The molecule has 0 aliphatic rings. The summed E-state index contributed by atoms with van der Waals surface area (Å²) in [5.41, 5.74) is 7.14. The number of para-hydroxylation sites is 1. The number of amides is 1. The summed E-state index contributed by atoms with van der Waals surface area (Å²) in [6, 6.07) is 5.29. The molecule has 0 saturated carbocycles. The number of rotatable bonds is 5. The lowest BCUT2D eigenvalue weighted by atomic mass is 9.98. The van der Waals surface area contributed by atoms with Gasteiger partial charge in [0.15, 0.2) is 0 Å². The van der Waals surface area contributed by atoms with Crippen molar-refractivity contribution < 1.29 is 19.7 Å². The number of carbonyl (C=O) groups is 1. The molecule has 1 amide bonds. The van der Waals surface area contributed by atoms with Crippen LogP contribution in [0.25, 0.3) is 0 Å². The molecule has 0 aliphatic carbocycles. The number of aliphatic hydroxyl groups is 2. The third kappa shape index (κ3) is 5.54. The van der Waals surface area contributed by atoms with Crippen molar-refractivity contribution in [2.45, 2.75) is 51.9 Å². The van der Waals surface area contributed by atoms with Crippen LogP contribution in [0.3, 0.4) is 0 Å². The number of aryl methyl sites for hydroxylation is 1. The minimum absolute atomic E-state index is 0.188. The summed E-state index contributed by atoms with van der Waals surface area (Å²) >= 11 is 0. The molecule has 0 spiro atoms. The van der Waals surface area contributed by atoms with Crippen molar-refractivity contribution in [3.05, 3.63) is 29.3 Å². The van der Waals surface area contributed by atoms with Gasteiger partial charge in [-0.2, -0.15) is 0 Å². The quantitative estimate of drug-likeness (QED) is 0.622. The summed E-state index contributed by atoms with van der Waals surface area (Å²) < 4.78 is 5.09. The Morgan fingerprint density at radius 2 is 2.00 bits per heavy atom. The number of ether oxygens (including phenoxy) is 1. The highest BCUT2D eigenvalue weighted by atomic mass is 16.6. The fourth-order valence-corrected chi connectivity index (χ4v) is 1.96. The molecule has 6 nitrogen and oxygen atoms in total. The van der Waals surface area contributed by atoms with E-state index in [4.69, 9.17) is 10.5 Å². The van der Waals surface area contributed by atoms with Crippen molar-refractivity contribution in [3.63, 3.8) is 0 Å². The Morgan fingerprint density at radius 1 is 1.36 bits per heavy atom. The van der Waals surface area contributed by atoms with Gasteiger partial charge >= 0.3 is 6.09 Å². The van der Waals surface area contributed by atoms with Gasteiger partial charge in [0.25, 0.3) is 0 Å². The fraction of sp³-hybridized carbons (Fsp3) is 0.562. The molecule has 0 aromatic heterocycles. The molecule has 1 aromatic rings. The average molecular weight is 310 g/mol. The monoisotopic (exact) mass is 310 g/mol. The molecule has 0 saturated heterocycles. The summed E-state index contributed by atoms with van der Waals surface area (Å²) in [5.74, 6) is 0. The summed E-state index contributed by atoms with van der Waals surface area (Å²) in [6.45, 7) is 7.34. The standard InChI is InChI=1S/C16H26N2O4/c1-10-6-5-7-11(13(10)17)14(20)12(19)8-9-18-15(21)22-16(2,3)4/h5-7,12,14,19-20H,8-9,17H2,1-4H3,(H,18,21). The Labute approximate surface area is 131 Å². The van der Waals surface area contributed by atoms with Crippen molar-refractivity contribution >= 4 is 11.8 Å². The van der Waals surface area contributed by atoms with Crippen LogP contribution in [-0.4, -0.2) is 34.6 Å². The van der Waals surface area contributed by atoms with Gasteiger partial charge in [-0.3, -0.25) is 0 Å². The molecule has 0 heterocycles. The lowest BCUT2D eigenvalue weighted by Gasteiger charge is -2.22. The molecule has 2 atom stereocenters. The zero-order chi connectivity index (χ0) is 16.9. The smallest absolute Gasteiger partial charge is 0.407 e. The van der Waals surface area contributed by atoms with Crippen LogP contribution in [0.4, 0.5) is 10.5 Å². The van der Waals surface area contributed by atoms with E-state index < -0.39 is 23.9 Å². The SMILES string of the molecule is Cc1cccc(C(O)C(O)CCNC(=O)OC(C)(C)C)c1N. The van der Waals surface area contributed by atoms with Gasteiger partial charge in [-0.25, -0.2) is 4.79 Å². The van der Waals surface area contributed by atoms with Gasteiger partial charge in [0.1, 0.15) is 11.7 Å². The van der Waals surface area contributed by atoms with Crippen LogP contribution in [0.2, 0.25) is 0 Å². The van der Waals surface area contributed by atoms with E-state index in [1.807, 2.05) is 13.0 Å². The highest BCUT2D eigenvalue weighted by molar-refractivity contribution is 5.67. The molecule has 22 heavy (non-hydrogen) atoms. The Hall–Kier alpha value is -1.79. The van der Waals surface area contributed by atoms with Crippen molar-refractivity contribution in [1.29, 1.82) is 0 Å². The number of carbonyl (C=O) groups excluding carboxylic acids is 1. The molecule has 0 bridgehead atoms. The van der Waals surface area contributed by atoms with E-state index in [9.17, 15) is 15.0 Å². The highest BCUT2D eigenvalue weighted by Crippen LogP contribution is 2.26. The lowest BCUT2D eigenvalue weighted by molar-refractivity contribution is 0.0127. The summed E-state index contributed by atoms with van der Waals surface area (Å²) in [6.07, 6.45) is -2.49. The molecule has 124 valence electrons. The molecular formula is C16H26N2O4. The second-order valence-corrected chi connectivity index (χ2v) is 6.31. The van der Waals surface area contributed by atoms with Gasteiger partial charge < -0.3 is 26.0 Å². The van der Waals surface area contributed by atoms with Crippen molar-refractivity contribution in [2.24, 2.45) is 0 Å². The number of anilines is 1. The summed E-state index contributed by atoms with van der Waals surface area (Å²) in [7, 11) is 0. The predicted molar refractivity (Wildman–Crippen MR) is 85.4 cm³/mol. The number of nitrogen functional groups attached to an aromatic ring is 1. The second kappa shape index (κ2) is 7.47. The lowest BCUT2D eigenvalue weighted by Crippen LogP contribution is -2.34. The second-order valence-electron chi connectivity index (χ2n) is 6.31. The van der Waals surface area contributed by atoms with Crippen molar-refractivity contribution in [3.8, 4) is 0 Å². The van der Waals surface area contributed by atoms with Gasteiger partial charge in [0.05, 0.1) is 6.10 Å². The van der Waals surface area contributed by atoms with Crippen LogP contribution in [0.15, 0.2) is 18.2 Å². The van der Waals surface area contributed by atoms with Crippen LogP contribution >= 0.6 is 0 Å². The molecule has 2 unspecified atom stereocenters. The number of hydrogen-bond donors (Lipinski definition) is 4. The first-order valence-electron chi connectivity index (χ1n) is 7.30. The van der Waals surface area contributed by atoms with Crippen LogP contribution in [0.5, 0.6) is 0 Å². The van der Waals surface area contributed by atoms with Gasteiger partial charge in [-0.1, -0.05) is 18.2 Å². The largest absolute Gasteiger partial charge is 0.444 e. The first-order valence-corrected chi connectivity index (χ1v) is 7.30. The van der Waals surface area contributed by atoms with Gasteiger partial charge in [0, 0.05) is 17.8 Å². The summed E-state index contributed by atoms with van der Waals surface area (Å²) in [5, 5.41) is 22.7. The van der Waals surface area contributed by atoms with Crippen LogP contribution in [0.1, 0.15) is 44.4 Å². The van der Waals surface area contributed by atoms with E-state index >= 15 is 0 Å². The van der Waals surface area contributed by atoms with E-state index in [-0.39, 0.29) is 13.0 Å². The predicted octanol–water partition coefficient (Wildman–Crippen LogP) is 1.89. The van der Waals surface area contributed by atoms with Crippen LogP contribution in [-0.2, 0) is 4.74 Å². The Bertz CT molecular complexity index is 511. The zero-order valence-corrected chi connectivity index (χ0v) is 13.6. The topological polar surface area (TPSA) is 105 Å². The first kappa shape index (κ1) is 18.3. The van der Waals surface area contributed by atoms with Crippen molar-refractivity contribution in [2.75, 3.05) is 12.3 Å². The number of nitrogens with two attached hydrogens (primary N) is 1. The normalized spacial score (nSPS) is 14.3. The maximum absolute atomic E-state index is 11.5. The van der Waals surface area contributed by atoms with E-state index in [0.717, 1.165) is 5.56 Å². The molecule has 6 heteroatoms. The Kier molecular flexibility index (Phi) is 6.20. The van der Waals surface area contributed by atoms with Crippen LogP contribution < -0.4 is 11.1 Å². The van der Waals surface area contributed by atoms with E-state index in [0.29, 0.717) is 11.3 Å². The highest BCUT2D eigenvalue weighted by Gasteiger charge is 2.21. The maximum Gasteiger partial charge on any atom is 0.407 e. The molecule has 0 fully saturated rings. The molecular weight excluding hydrogens is 284 g/mol. The Morgan fingerprint density at radius 3 is 2.59 bits per heavy atom. The van der Waals surface area contributed by atoms with Gasteiger partial charge in [0.2, 0.25) is 0 Å². The van der Waals surface area contributed by atoms with Crippen LogP contribution in [0, 0.1) is 6.92 Å². The minimum atomic E-state index is -1.10. The molecule has 1 aromatic carbocycles.